The van der Waals surface area contributed by atoms with E-state index in [1.165, 1.54) is 82.6 Å². The van der Waals surface area contributed by atoms with Gasteiger partial charge in [0.15, 0.2) is 18.2 Å². The highest BCUT2D eigenvalue weighted by Crippen LogP contribution is 2.56. The van der Waals surface area contributed by atoms with Crippen molar-refractivity contribution in [3.05, 3.63) is 149 Å². The largest absolute Gasteiger partial charge is 0.308 e. The van der Waals surface area contributed by atoms with Crippen molar-refractivity contribution >= 4 is 56.4 Å². The Kier molecular flexibility index (Phi) is 4.63. The van der Waals surface area contributed by atoms with Crippen molar-refractivity contribution in [2.24, 2.45) is 0 Å². The fourth-order valence-corrected chi connectivity index (χ4v) is 11.5. The molecule has 0 radical (unpaired) electrons. The second-order valence-electron chi connectivity index (χ2n) is 14.0. The number of benzene rings is 5. The maximum atomic E-state index is 2.63. The second-order valence-corrected chi connectivity index (χ2v) is 16.2. The summed E-state index contributed by atoms with van der Waals surface area (Å²) < 4.78 is 2.63. The zero-order chi connectivity index (χ0) is 29.5. The molecule has 3 aliphatic heterocycles. The van der Waals surface area contributed by atoms with E-state index in [2.05, 4.69) is 148 Å². The van der Waals surface area contributed by atoms with Crippen molar-refractivity contribution in [2.45, 2.75) is 44.9 Å². The van der Waals surface area contributed by atoms with E-state index in [9.17, 15) is 0 Å². The van der Waals surface area contributed by atoms with Crippen molar-refractivity contribution in [3.63, 3.8) is 0 Å². The lowest BCUT2D eigenvalue weighted by molar-refractivity contribution is 0.593. The predicted octanol–water partition coefficient (Wildman–Crippen LogP) is 9.55. The summed E-state index contributed by atoms with van der Waals surface area (Å²) in [7, 11) is -0.501. The maximum Gasteiger partial charge on any atom is 0.174 e. The van der Waals surface area contributed by atoms with Crippen molar-refractivity contribution in [3.8, 4) is 5.69 Å². The highest BCUT2D eigenvalue weighted by molar-refractivity contribution is 7.75. The van der Waals surface area contributed by atoms with Gasteiger partial charge in [-0.2, -0.15) is 0 Å². The second kappa shape index (κ2) is 8.17. The molecule has 5 aromatic carbocycles. The maximum absolute atomic E-state index is 2.63. The number of rotatable bonds is 2. The molecule has 0 amide bonds. The zero-order valence-corrected chi connectivity index (χ0v) is 26.5. The molecule has 0 saturated carbocycles. The van der Waals surface area contributed by atoms with Crippen LogP contribution in [0.2, 0.25) is 0 Å². The van der Waals surface area contributed by atoms with Crippen LogP contribution in [0, 0.1) is 0 Å². The molecule has 4 aliphatic rings. The Morgan fingerprint density at radius 2 is 1.32 bits per heavy atom. The fraction of sp³-hybridized carbons (Fsp3) is 0.167. The van der Waals surface area contributed by atoms with Gasteiger partial charge in [0.25, 0.3) is 0 Å². The standard InChI is InChI=1S/C42H33NP/c1-41(2)32-16-10-15-29-31-23-26(24-35-39(31)43(38(29)32)40-33(41)17-11-18-34(40)42(35,3)4)25-20-21-37-30(22-25)28-14-8-9-19-36(28)44(37)27-12-6-5-7-13-27/h5-20,22-24H,21H2,1-4H3/q+1. The minimum atomic E-state index is -0.501. The summed E-state index contributed by atoms with van der Waals surface area (Å²) in [4.78, 5) is 0. The molecule has 1 nitrogen and oxygen atoms in total. The van der Waals surface area contributed by atoms with Gasteiger partial charge in [0.2, 0.25) is 0 Å². The lowest BCUT2D eigenvalue weighted by Crippen LogP contribution is -2.33. The minimum Gasteiger partial charge on any atom is -0.308 e. The van der Waals surface area contributed by atoms with Gasteiger partial charge in [-0.1, -0.05) is 101 Å². The highest BCUT2D eigenvalue weighted by Gasteiger charge is 2.44. The molecule has 1 atom stereocenters. The number of allylic oxidation sites excluding steroid dienone is 4. The molecule has 210 valence electrons. The van der Waals surface area contributed by atoms with Gasteiger partial charge in [0, 0.05) is 39.2 Å². The Balaban J connectivity index is 1.25. The normalized spacial score (nSPS) is 18.8. The van der Waals surface area contributed by atoms with Gasteiger partial charge < -0.3 is 4.57 Å². The van der Waals surface area contributed by atoms with Crippen LogP contribution < -0.4 is 10.6 Å². The van der Waals surface area contributed by atoms with E-state index in [0.717, 1.165) is 6.42 Å². The lowest BCUT2D eigenvalue weighted by atomic mass is 9.68. The van der Waals surface area contributed by atoms with E-state index in [4.69, 9.17) is 0 Å². The minimum absolute atomic E-state index is 0.0544. The zero-order valence-electron chi connectivity index (χ0n) is 25.6. The Bertz CT molecular complexity index is 2390. The quantitative estimate of drug-likeness (QED) is 0.179. The van der Waals surface area contributed by atoms with Crippen LogP contribution in [0.5, 0.6) is 0 Å². The first-order valence-corrected chi connectivity index (χ1v) is 17.2. The molecule has 6 aromatic rings. The molecule has 0 saturated heterocycles. The number of aromatic nitrogens is 1. The Hall–Kier alpha value is -4.45. The number of hydrogen-bond donors (Lipinski definition) is 0. The van der Waals surface area contributed by atoms with Crippen molar-refractivity contribution in [1.29, 1.82) is 0 Å². The van der Waals surface area contributed by atoms with E-state index < -0.39 is 7.55 Å². The summed E-state index contributed by atoms with van der Waals surface area (Å²) in [5.74, 6) is 0. The van der Waals surface area contributed by atoms with Crippen LogP contribution in [0.15, 0.2) is 115 Å². The van der Waals surface area contributed by atoms with E-state index in [-0.39, 0.29) is 10.8 Å². The van der Waals surface area contributed by atoms with Crippen LogP contribution in [-0.2, 0) is 10.8 Å². The number of para-hydroxylation sites is 2. The monoisotopic (exact) mass is 582 g/mol. The summed E-state index contributed by atoms with van der Waals surface area (Å²) in [6.07, 6.45) is 6.01. The van der Waals surface area contributed by atoms with Crippen molar-refractivity contribution in [2.75, 3.05) is 0 Å². The lowest BCUT2D eigenvalue weighted by Gasteiger charge is -2.42. The van der Waals surface area contributed by atoms with E-state index in [1.54, 1.807) is 5.29 Å². The molecule has 10 rings (SSSR count). The van der Waals surface area contributed by atoms with Gasteiger partial charge in [0.1, 0.15) is 5.29 Å². The summed E-state index contributed by atoms with van der Waals surface area (Å²) >= 11 is 0. The van der Waals surface area contributed by atoms with E-state index in [1.807, 2.05) is 0 Å². The third-order valence-corrected chi connectivity index (χ3v) is 13.7. The molecular weight excluding hydrogens is 549 g/mol. The van der Waals surface area contributed by atoms with Gasteiger partial charge >= 0.3 is 0 Å². The van der Waals surface area contributed by atoms with Gasteiger partial charge in [0.05, 0.1) is 16.7 Å². The first kappa shape index (κ1) is 24.9. The summed E-state index contributed by atoms with van der Waals surface area (Å²) in [5.41, 5.74) is 15.3. The molecule has 1 aliphatic carbocycles. The molecule has 44 heavy (non-hydrogen) atoms. The van der Waals surface area contributed by atoms with Crippen LogP contribution >= 0.6 is 7.55 Å². The van der Waals surface area contributed by atoms with Crippen LogP contribution in [0.4, 0.5) is 0 Å². The molecule has 0 fully saturated rings. The van der Waals surface area contributed by atoms with Crippen LogP contribution in [0.25, 0.3) is 38.6 Å². The Morgan fingerprint density at radius 1 is 0.636 bits per heavy atom. The van der Waals surface area contributed by atoms with Gasteiger partial charge in [-0.15, -0.1) is 0 Å². The number of hydrogen-bond acceptors (Lipinski definition) is 0. The van der Waals surface area contributed by atoms with Gasteiger partial charge in [-0.25, -0.2) is 0 Å². The van der Waals surface area contributed by atoms with Crippen LogP contribution in [-0.4, -0.2) is 9.86 Å². The van der Waals surface area contributed by atoms with Gasteiger partial charge in [-0.05, 0) is 75.9 Å². The third kappa shape index (κ3) is 2.90. The average molecular weight is 583 g/mol. The predicted molar refractivity (Wildman–Crippen MR) is 190 cm³/mol. The molecular formula is C42H33NP+. The summed E-state index contributed by atoms with van der Waals surface area (Å²) in [6, 6.07) is 39.3. The molecule has 0 N–H and O–H groups in total. The van der Waals surface area contributed by atoms with Crippen molar-refractivity contribution < 1.29 is 0 Å². The SMILES string of the molecule is CC1(C)c2cccc3c2-n2c4c1cccc4c1cc(C4=CCC5=[P+](c6ccccc6)c6ccccc6C5=C4)cc(c12)C3(C)C. The summed E-state index contributed by atoms with van der Waals surface area (Å²) in [5, 5.41) is 7.30. The van der Waals surface area contributed by atoms with E-state index >= 15 is 0 Å². The molecule has 2 heteroatoms. The van der Waals surface area contributed by atoms with Gasteiger partial charge in [-0.3, -0.25) is 0 Å². The highest BCUT2D eigenvalue weighted by atomic mass is 31.1. The summed E-state index contributed by atoms with van der Waals surface area (Å²) in [6.45, 7) is 9.68. The smallest absolute Gasteiger partial charge is 0.174 e. The van der Waals surface area contributed by atoms with E-state index in [0.29, 0.717) is 0 Å². The Labute approximate surface area is 259 Å². The molecule has 0 bridgehead atoms. The van der Waals surface area contributed by atoms with Crippen LogP contribution in [0.1, 0.15) is 67.5 Å². The molecule has 4 heterocycles. The fourth-order valence-electron chi connectivity index (χ4n) is 8.82. The van der Waals surface area contributed by atoms with Crippen LogP contribution in [0.3, 0.4) is 0 Å². The third-order valence-electron chi connectivity index (χ3n) is 11.0. The first-order chi connectivity index (χ1) is 21.4. The Morgan fingerprint density at radius 3 is 2.14 bits per heavy atom. The topological polar surface area (TPSA) is 4.93 Å². The number of nitrogens with zero attached hydrogens (tertiary/aromatic N) is 1. The number of fused-ring (bicyclic) bond motifs is 4. The molecule has 0 spiro atoms. The van der Waals surface area contributed by atoms with Crippen molar-refractivity contribution in [1.82, 2.24) is 4.57 Å². The first-order valence-electron chi connectivity index (χ1n) is 15.9. The average Bonchev–Trinajstić information content (AvgIpc) is 3.56. The molecule has 1 aromatic heterocycles. The molecule has 1 unspecified atom stereocenters.